The quantitative estimate of drug-likeness (QED) is 0.606. The molecule has 0 saturated heterocycles. The van der Waals surface area contributed by atoms with Gasteiger partial charge >= 0.3 is 0 Å². The molecule has 0 bridgehead atoms. The van der Waals surface area contributed by atoms with E-state index < -0.39 is 0 Å². The highest BCUT2D eigenvalue weighted by molar-refractivity contribution is 5.21. The Hall–Kier alpha value is -1.04. The van der Waals surface area contributed by atoms with Gasteiger partial charge in [0.15, 0.2) is 0 Å². The first kappa shape index (κ1) is 10.0. The van der Waals surface area contributed by atoms with Gasteiger partial charge in [0, 0.05) is 0 Å². The summed E-state index contributed by atoms with van der Waals surface area (Å²) in [5.41, 5.74) is 2.97. The van der Waals surface area contributed by atoms with Gasteiger partial charge in [-0.25, -0.2) is 0 Å². The fraction of sp³-hybridized carbons (Fsp3) is 0.385. The Morgan fingerprint density at radius 2 is 1.85 bits per heavy atom. The van der Waals surface area contributed by atoms with Crippen LogP contribution in [0.1, 0.15) is 32.3 Å². The Morgan fingerprint density at radius 3 is 2.38 bits per heavy atom. The second kappa shape index (κ2) is 5.58. The molecule has 0 spiro atoms. The topological polar surface area (TPSA) is 0 Å². The summed E-state index contributed by atoms with van der Waals surface area (Å²) in [6.07, 6.45) is 5.77. The normalized spacial score (nSPS) is 11.7. The van der Waals surface area contributed by atoms with Gasteiger partial charge in [-0.2, -0.15) is 0 Å². The van der Waals surface area contributed by atoms with Crippen LogP contribution in [0.3, 0.4) is 0 Å². The predicted octanol–water partition coefficient (Wildman–Crippen LogP) is 3.98. The van der Waals surface area contributed by atoms with E-state index in [1.807, 2.05) is 0 Å². The van der Waals surface area contributed by atoms with Gasteiger partial charge in [0.1, 0.15) is 0 Å². The zero-order valence-corrected chi connectivity index (χ0v) is 8.59. The molecule has 0 radical (unpaired) electrons. The van der Waals surface area contributed by atoms with Crippen molar-refractivity contribution in [3.8, 4) is 0 Å². The van der Waals surface area contributed by atoms with Crippen molar-refractivity contribution in [1.82, 2.24) is 0 Å². The summed E-state index contributed by atoms with van der Waals surface area (Å²) in [6.45, 7) is 4.42. The second-order valence-electron chi connectivity index (χ2n) is 3.29. The minimum atomic E-state index is 1.12. The number of benzene rings is 1. The molecule has 70 valence electrons. The lowest BCUT2D eigenvalue weighted by molar-refractivity contribution is 0.978. The molecule has 13 heavy (non-hydrogen) atoms. The Morgan fingerprint density at radius 1 is 1.15 bits per heavy atom. The van der Waals surface area contributed by atoms with Gasteiger partial charge in [-0.15, -0.1) is 0 Å². The van der Waals surface area contributed by atoms with Crippen LogP contribution < -0.4 is 0 Å². The van der Waals surface area contributed by atoms with E-state index in [1.54, 1.807) is 5.57 Å². The molecular formula is C13H18. The van der Waals surface area contributed by atoms with Gasteiger partial charge in [0.05, 0.1) is 0 Å². The van der Waals surface area contributed by atoms with E-state index in [0.717, 1.165) is 12.8 Å². The third-order valence-corrected chi connectivity index (χ3v) is 2.22. The number of allylic oxidation sites excluding steroid dienone is 2. The predicted molar refractivity (Wildman–Crippen MR) is 58.8 cm³/mol. The molecular weight excluding hydrogens is 156 g/mol. The van der Waals surface area contributed by atoms with E-state index in [0.29, 0.717) is 0 Å². The van der Waals surface area contributed by atoms with Crippen molar-refractivity contribution in [3.05, 3.63) is 47.5 Å². The van der Waals surface area contributed by atoms with E-state index in [-0.39, 0.29) is 0 Å². The molecule has 0 N–H and O–H groups in total. The van der Waals surface area contributed by atoms with Crippen molar-refractivity contribution in [2.75, 3.05) is 0 Å². The molecule has 1 rings (SSSR count). The van der Waals surface area contributed by atoms with Gasteiger partial charge < -0.3 is 0 Å². The summed E-state index contributed by atoms with van der Waals surface area (Å²) in [5, 5.41) is 0. The maximum absolute atomic E-state index is 2.34. The Kier molecular flexibility index (Phi) is 4.31. The molecule has 0 nitrogen and oxygen atoms in total. The van der Waals surface area contributed by atoms with E-state index in [4.69, 9.17) is 0 Å². The van der Waals surface area contributed by atoms with Crippen molar-refractivity contribution in [2.45, 2.75) is 33.1 Å². The molecule has 0 unspecified atom stereocenters. The SMILES string of the molecule is CC/C=C(/CC)Cc1ccccc1. The standard InChI is InChI=1S/C13H18/c1-3-8-12(4-2)11-13-9-6-5-7-10-13/h5-10H,3-4,11H2,1-2H3/b12-8-. The molecule has 0 heteroatoms. The van der Waals surface area contributed by atoms with Crippen LogP contribution >= 0.6 is 0 Å². The molecule has 0 fully saturated rings. The summed E-state index contributed by atoms with van der Waals surface area (Å²) < 4.78 is 0. The Balaban J connectivity index is 2.62. The smallest absolute Gasteiger partial charge is 0.00672 e. The first-order chi connectivity index (χ1) is 6.36. The summed E-state index contributed by atoms with van der Waals surface area (Å²) in [6, 6.07) is 10.7. The van der Waals surface area contributed by atoms with Crippen molar-refractivity contribution in [3.63, 3.8) is 0 Å². The monoisotopic (exact) mass is 174 g/mol. The van der Waals surface area contributed by atoms with Crippen molar-refractivity contribution in [2.24, 2.45) is 0 Å². The van der Waals surface area contributed by atoms with Crippen molar-refractivity contribution >= 4 is 0 Å². The molecule has 0 aliphatic heterocycles. The molecule has 0 aromatic heterocycles. The molecule has 0 saturated carbocycles. The largest absolute Gasteiger partial charge is 0.0853 e. The maximum Gasteiger partial charge on any atom is -0.00672 e. The van der Waals surface area contributed by atoms with Gasteiger partial charge in [-0.1, -0.05) is 55.8 Å². The first-order valence-electron chi connectivity index (χ1n) is 5.08. The highest BCUT2D eigenvalue weighted by Crippen LogP contribution is 2.11. The fourth-order valence-corrected chi connectivity index (χ4v) is 1.49. The number of rotatable bonds is 4. The van der Waals surface area contributed by atoms with Crippen LogP contribution in [0.25, 0.3) is 0 Å². The summed E-state index contributed by atoms with van der Waals surface area (Å²) in [4.78, 5) is 0. The van der Waals surface area contributed by atoms with Gasteiger partial charge in [-0.05, 0) is 24.8 Å². The molecule has 0 aliphatic rings. The van der Waals surface area contributed by atoms with E-state index >= 15 is 0 Å². The van der Waals surface area contributed by atoms with Crippen LogP contribution in [-0.2, 0) is 6.42 Å². The van der Waals surface area contributed by atoms with Crippen LogP contribution in [-0.4, -0.2) is 0 Å². The second-order valence-corrected chi connectivity index (χ2v) is 3.29. The fourth-order valence-electron chi connectivity index (χ4n) is 1.49. The third kappa shape index (κ3) is 3.45. The molecule has 0 aliphatic carbocycles. The average Bonchev–Trinajstić information content (AvgIpc) is 2.19. The summed E-state index contributed by atoms with van der Waals surface area (Å²) in [5.74, 6) is 0. The highest BCUT2D eigenvalue weighted by atomic mass is 14.0. The lowest BCUT2D eigenvalue weighted by Gasteiger charge is -2.03. The lowest BCUT2D eigenvalue weighted by atomic mass is 10.0. The molecule has 0 heterocycles. The molecule has 0 atom stereocenters. The highest BCUT2D eigenvalue weighted by Gasteiger charge is 1.95. The minimum absolute atomic E-state index is 1.12. The Labute approximate surface area is 81.3 Å². The van der Waals surface area contributed by atoms with Crippen molar-refractivity contribution < 1.29 is 0 Å². The van der Waals surface area contributed by atoms with E-state index in [9.17, 15) is 0 Å². The number of hydrogen-bond acceptors (Lipinski definition) is 0. The van der Waals surface area contributed by atoms with Crippen LogP contribution in [0.15, 0.2) is 42.0 Å². The third-order valence-electron chi connectivity index (χ3n) is 2.22. The summed E-state index contributed by atoms with van der Waals surface area (Å²) >= 11 is 0. The van der Waals surface area contributed by atoms with Crippen LogP contribution in [0, 0.1) is 0 Å². The molecule has 0 amide bonds. The van der Waals surface area contributed by atoms with E-state index in [2.05, 4.69) is 50.3 Å². The van der Waals surface area contributed by atoms with E-state index in [1.165, 1.54) is 12.0 Å². The first-order valence-corrected chi connectivity index (χ1v) is 5.08. The maximum atomic E-state index is 2.34. The average molecular weight is 174 g/mol. The van der Waals surface area contributed by atoms with Gasteiger partial charge in [-0.3, -0.25) is 0 Å². The molecule has 1 aromatic carbocycles. The van der Waals surface area contributed by atoms with Crippen LogP contribution in [0.2, 0.25) is 0 Å². The van der Waals surface area contributed by atoms with Crippen LogP contribution in [0.5, 0.6) is 0 Å². The van der Waals surface area contributed by atoms with Gasteiger partial charge in [0.2, 0.25) is 0 Å². The zero-order valence-electron chi connectivity index (χ0n) is 8.59. The van der Waals surface area contributed by atoms with Crippen LogP contribution in [0.4, 0.5) is 0 Å². The summed E-state index contributed by atoms with van der Waals surface area (Å²) in [7, 11) is 0. The Bertz CT molecular complexity index is 257. The lowest BCUT2D eigenvalue weighted by Crippen LogP contribution is -1.88. The van der Waals surface area contributed by atoms with Gasteiger partial charge in [0.25, 0.3) is 0 Å². The zero-order chi connectivity index (χ0) is 9.52. The van der Waals surface area contributed by atoms with Crippen molar-refractivity contribution in [1.29, 1.82) is 0 Å². The molecule has 1 aromatic rings. The minimum Gasteiger partial charge on any atom is -0.0853 e. The number of hydrogen-bond donors (Lipinski definition) is 0.